The van der Waals surface area contributed by atoms with Gasteiger partial charge in [-0.2, -0.15) is 0 Å². The molecule has 0 radical (unpaired) electrons. The Bertz CT molecular complexity index is 815. The highest BCUT2D eigenvalue weighted by molar-refractivity contribution is 6.32. The first-order chi connectivity index (χ1) is 10.1. The van der Waals surface area contributed by atoms with Crippen molar-refractivity contribution >= 4 is 34.2 Å². The molecule has 0 fully saturated rings. The summed E-state index contributed by atoms with van der Waals surface area (Å²) in [7, 11) is 0. The molecule has 0 saturated heterocycles. The second-order valence-corrected chi connectivity index (χ2v) is 5.29. The Morgan fingerprint density at radius 1 is 1.14 bits per heavy atom. The number of aryl methyl sites for hydroxylation is 1. The van der Waals surface area contributed by atoms with E-state index in [9.17, 15) is 8.78 Å². The molecule has 2 nitrogen and oxygen atoms in total. The maximum Gasteiger partial charge on any atom is 0.151 e. The van der Waals surface area contributed by atoms with Gasteiger partial charge < -0.3 is 0 Å². The van der Waals surface area contributed by atoms with Crippen molar-refractivity contribution in [1.82, 2.24) is 9.55 Å². The fourth-order valence-corrected chi connectivity index (χ4v) is 2.72. The van der Waals surface area contributed by atoms with Crippen molar-refractivity contribution in [3.05, 3.63) is 58.9 Å². The summed E-state index contributed by atoms with van der Waals surface area (Å²) >= 11 is 11.9. The van der Waals surface area contributed by atoms with Crippen LogP contribution in [0, 0.1) is 11.6 Å². The van der Waals surface area contributed by atoms with Crippen molar-refractivity contribution < 1.29 is 8.78 Å². The van der Waals surface area contributed by atoms with Crippen LogP contribution in [0.1, 0.15) is 5.82 Å². The minimum Gasteiger partial charge on any atom is -0.295 e. The summed E-state index contributed by atoms with van der Waals surface area (Å²) in [6, 6.07) is 8.74. The fraction of sp³-hybridized carbons (Fsp3) is 0.133. The summed E-state index contributed by atoms with van der Waals surface area (Å²) < 4.78 is 28.8. The zero-order chi connectivity index (χ0) is 15.0. The monoisotopic (exact) mass is 326 g/mol. The molecule has 21 heavy (non-hydrogen) atoms. The number of hydrogen-bond acceptors (Lipinski definition) is 1. The van der Waals surface area contributed by atoms with Crippen LogP contribution in [0.2, 0.25) is 5.02 Å². The van der Waals surface area contributed by atoms with Gasteiger partial charge in [-0.25, -0.2) is 13.8 Å². The first-order valence-electron chi connectivity index (χ1n) is 6.29. The van der Waals surface area contributed by atoms with E-state index in [0.29, 0.717) is 29.3 Å². The van der Waals surface area contributed by atoms with Crippen LogP contribution < -0.4 is 0 Å². The summed E-state index contributed by atoms with van der Waals surface area (Å²) in [5, 5.41) is 0.231. The number of fused-ring (bicyclic) bond motifs is 1. The first-order valence-corrected chi connectivity index (χ1v) is 7.20. The zero-order valence-electron chi connectivity index (χ0n) is 10.8. The molecule has 0 aliphatic carbocycles. The highest BCUT2D eigenvalue weighted by Crippen LogP contribution is 2.29. The fourth-order valence-electron chi connectivity index (χ4n) is 2.30. The van der Waals surface area contributed by atoms with Gasteiger partial charge in [0.25, 0.3) is 0 Å². The van der Waals surface area contributed by atoms with E-state index in [1.54, 1.807) is 22.8 Å². The van der Waals surface area contributed by atoms with Gasteiger partial charge in [0.2, 0.25) is 0 Å². The number of hydrogen-bond donors (Lipinski definition) is 0. The van der Waals surface area contributed by atoms with E-state index in [1.165, 1.54) is 18.2 Å². The summed E-state index contributed by atoms with van der Waals surface area (Å²) in [6.07, 6.45) is 0.448. The minimum atomic E-state index is -0.432. The van der Waals surface area contributed by atoms with Crippen molar-refractivity contribution in [2.45, 2.75) is 6.42 Å². The van der Waals surface area contributed by atoms with Gasteiger partial charge in [-0.05, 0) is 30.3 Å². The molecule has 1 heterocycles. The predicted octanol–water partition coefficient (Wildman–Crippen LogP) is 4.74. The van der Waals surface area contributed by atoms with Crippen molar-refractivity contribution in [2.24, 2.45) is 0 Å². The Morgan fingerprint density at radius 2 is 1.95 bits per heavy atom. The minimum absolute atomic E-state index is 0.231. The molecule has 0 N–H and O–H groups in total. The molecule has 0 saturated carbocycles. The Morgan fingerprint density at radius 3 is 2.67 bits per heavy atom. The van der Waals surface area contributed by atoms with Gasteiger partial charge in [0.05, 0.1) is 16.2 Å². The lowest BCUT2D eigenvalue weighted by Gasteiger charge is -2.10. The Labute approximate surface area is 129 Å². The van der Waals surface area contributed by atoms with Crippen molar-refractivity contribution in [3.8, 4) is 5.69 Å². The van der Waals surface area contributed by atoms with Crippen LogP contribution in [0.15, 0.2) is 36.4 Å². The quantitative estimate of drug-likeness (QED) is 0.636. The molecule has 3 aromatic rings. The molecule has 0 amide bonds. The van der Waals surface area contributed by atoms with Crippen molar-refractivity contribution in [3.63, 3.8) is 0 Å². The number of nitrogens with zero attached hydrogens (tertiary/aromatic N) is 2. The normalized spacial score (nSPS) is 11.2. The van der Waals surface area contributed by atoms with Gasteiger partial charge in [0.1, 0.15) is 17.2 Å². The Hall–Kier alpha value is -1.65. The number of aromatic nitrogens is 2. The second-order valence-electron chi connectivity index (χ2n) is 4.51. The topological polar surface area (TPSA) is 17.8 Å². The van der Waals surface area contributed by atoms with E-state index in [1.807, 2.05) is 0 Å². The van der Waals surface area contributed by atoms with Crippen LogP contribution in [0.5, 0.6) is 0 Å². The summed E-state index contributed by atoms with van der Waals surface area (Å²) in [5.41, 5.74) is 1.37. The van der Waals surface area contributed by atoms with E-state index in [4.69, 9.17) is 23.2 Å². The SMILES string of the molecule is Fc1ccc(-n2c(CCCl)nc3c(F)cccc32)c(Cl)c1. The van der Waals surface area contributed by atoms with Crippen molar-refractivity contribution in [1.29, 1.82) is 0 Å². The molecule has 0 atom stereocenters. The molecular weight excluding hydrogens is 317 g/mol. The highest BCUT2D eigenvalue weighted by Gasteiger charge is 2.16. The Balaban J connectivity index is 2.33. The zero-order valence-corrected chi connectivity index (χ0v) is 12.3. The van der Waals surface area contributed by atoms with E-state index in [0.717, 1.165) is 0 Å². The van der Waals surface area contributed by atoms with Crippen LogP contribution in [0.4, 0.5) is 8.78 Å². The molecule has 0 spiro atoms. The van der Waals surface area contributed by atoms with Gasteiger partial charge in [-0.1, -0.05) is 17.7 Å². The molecule has 0 bridgehead atoms. The average Bonchev–Trinajstić information content (AvgIpc) is 2.79. The van der Waals surface area contributed by atoms with Gasteiger partial charge in [-0.3, -0.25) is 4.57 Å². The van der Waals surface area contributed by atoms with Gasteiger partial charge in [0, 0.05) is 12.3 Å². The van der Waals surface area contributed by atoms with E-state index >= 15 is 0 Å². The first kappa shape index (κ1) is 14.3. The highest BCUT2D eigenvalue weighted by atomic mass is 35.5. The molecule has 3 rings (SSSR count). The van der Waals surface area contributed by atoms with E-state index in [-0.39, 0.29) is 10.5 Å². The third-order valence-electron chi connectivity index (χ3n) is 3.17. The summed E-state index contributed by atoms with van der Waals surface area (Å²) in [4.78, 5) is 4.29. The Kier molecular flexibility index (Phi) is 3.83. The lowest BCUT2D eigenvalue weighted by atomic mass is 10.2. The van der Waals surface area contributed by atoms with Crippen LogP contribution >= 0.6 is 23.2 Å². The number of halogens is 4. The number of alkyl halides is 1. The molecular formula is C15H10Cl2F2N2. The molecule has 108 valence electrons. The van der Waals surface area contributed by atoms with Crippen molar-refractivity contribution in [2.75, 3.05) is 5.88 Å². The maximum absolute atomic E-state index is 13.9. The van der Waals surface area contributed by atoms with Gasteiger partial charge in [-0.15, -0.1) is 11.6 Å². The number of imidazole rings is 1. The largest absolute Gasteiger partial charge is 0.295 e. The van der Waals surface area contributed by atoms with Gasteiger partial charge >= 0.3 is 0 Å². The number of benzene rings is 2. The lowest BCUT2D eigenvalue weighted by Crippen LogP contribution is -2.03. The average molecular weight is 327 g/mol. The van der Waals surface area contributed by atoms with Crippen LogP contribution in [0.25, 0.3) is 16.7 Å². The van der Waals surface area contributed by atoms with Crippen LogP contribution in [-0.2, 0) is 6.42 Å². The predicted molar refractivity (Wildman–Crippen MR) is 80.4 cm³/mol. The summed E-state index contributed by atoms with van der Waals surface area (Å²) in [5.74, 6) is 0.0705. The molecule has 0 aliphatic heterocycles. The third-order valence-corrected chi connectivity index (χ3v) is 3.67. The summed E-state index contributed by atoms with van der Waals surface area (Å²) in [6.45, 7) is 0. The standard InChI is InChI=1S/C15H10Cl2F2N2/c16-7-6-14-20-15-11(19)2-1-3-13(15)21(14)12-5-4-9(18)8-10(12)17/h1-5,8H,6-7H2. The van der Waals surface area contributed by atoms with Crippen LogP contribution in [-0.4, -0.2) is 15.4 Å². The van der Waals surface area contributed by atoms with E-state index < -0.39 is 11.6 Å². The number of rotatable bonds is 3. The van der Waals surface area contributed by atoms with E-state index in [2.05, 4.69) is 4.98 Å². The molecule has 2 aromatic carbocycles. The molecule has 1 aromatic heterocycles. The number of para-hydroxylation sites is 1. The maximum atomic E-state index is 13.9. The van der Waals surface area contributed by atoms with Crippen LogP contribution in [0.3, 0.4) is 0 Å². The molecule has 6 heteroatoms. The molecule has 0 aliphatic rings. The van der Waals surface area contributed by atoms with Gasteiger partial charge in [0.15, 0.2) is 5.82 Å². The smallest absolute Gasteiger partial charge is 0.151 e. The molecule has 0 unspecified atom stereocenters. The lowest BCUT2D eigenvalue weighted by molar-refractivity contribution is 0.627. The third kappa shape index (κ3) is 2.49. The second kappa shape index (κ2) is 5.62.